The van der Waals surface area contributed by atoms with Crippen molar-refractivity contribution in [3.8, 4) is 27.8 Å². The fraction of sp³-hybridized carbons (Fsp3) is 0.0385. The first-order chi connectivity index (χ1) is 16.5. The number of aryl methyl sites for hydroxylation is 1. The van der Waals surface area contributed by atoms with Crippen LogP contribution >= 0.6 is 11.3 Å². The number of sulfonamides is 1. The Kier molecular flexibility index (Phi) is 5.91. The summed E-state index contributed by atoms with van der Waals surface area (Å²) >= 11 is 1.55. The second kappa shape index (κ2) is 9.17. The summed E-state index contributed by atoms with van der Waals surface area (Å²) in [6.45, 7) is 1.96. The third-order valence-corrected chi connectivity index (χ3v) is 7.44. The van der Waals surface area contributed by atoms with Gasteiger partial charge in [-0.15, -0.1) is 11.3 Å². The lowest BCUT2D eigenvalue weighted by Crippen LogP contribution is -2.16. The number of hydrogen-bond donors (Lipinski definition) is 1. The molecule has 0 aliphatic rings. The van der Waals surface area contributed by atoms with Crippen molar-refractivity contribution in [2.24, 2.45) is 0 Å². The van der Waals surface area contributed by atoms with Crippen LogP contribution in [0.3, 0.4) is 0 Å². The van der Waals surface area contributed by atoms with E-state index in [4.69, 9.17) is 9.84 Å². The molecule has 1 N–H and O–H groups in total. The summed E-state index contributed by atoms with van der Waals surface area (Å²) < 4.78 is 36.6. The van der Waals surface area contributed by atoms with Gasteiger partial charge in [0.25, 0.3) is 10.0 Å². The average molecular weight is 488 g/mol. The lowest BCUT2D eigenvalue weighted by molar-refractivity contribution is 0.482. The maximum Gasteiger partial charge on any atom is 0.263 e. The van der Waals surface area contributed by atoms with Crippen molar-refractivity contribution in [1.82, 2.24) is 9.78 Å². The minimum atomic E-state index is -3.86. The SMILES string of the molecule is Cc1ccccc1-n1nc(-c2cccs2)cc1NS(=O)(=O)c1ccc(Oc2ccccc2)cc1. The van der Waals surface area contributed by atoms with Crippen LogP contribution in [-0.2, 0) is 10.0 Å². The maximum atomic E-state index is 13.2. The van der Waals surface area contributed by atoms with Crippen LogP contribution < -0.4 is 9.46 Å². The zero-order chi connectivity index (χ0) is 23.5. The number of ether oxygens (including phenoxy) is 1. The topological polar surface area (TPSA) is 73.2 Å². The standard InChI is InChI=1S/C26H21N3O3S2/c1-19-8-5-6-11-24(19)29-26(18-23(27-29)25-12-7-17-33-25)28-34(30,31)22-15-13-21(14-16-22)32-20-9-3-2-4-10-20/h2-18,28H,1H3. The Morgan fingerprint density at radius 2 is 1.56 bits per heavy atom. The van der Waals surface area contributed by atoms with E-state index in [0.717, 1.165) is 16.1 Å². The van der Waals surface area contributed by atoms with Gasteiger partial charge in [-0.25, -0.2) is 13.1 Å². The fourth-order valence-corrected chi connectivity index (χ4v) is 5.21. The Hall–Kier alpha value is -3.88. The highest BCUT2D eigenvalue weighted by molar-refractivity contribution is 7.92. The molecule has 0 saturated carbocycles. The number of aromatic nitrogens is 2. The minimum absolute atomic E-state index is 0.128. The van der Waals surface area contributed by atoms with Gasteiger partial charge in [0, 0.05) is 6.07 Å². The number of nitrogens with one attached hydrogen (secondary N) is 1. The highest BCUT2D eigenvalue weighted by Crippen LogP contribution is 2.30. The Balaban J connectivity index is 1.46. The van der Waals surface area contributed by atoms with Crippen molar-refractivity contribution in [3.63, 3.8) is 0 Å². The van der Waals surface area contributed by atoms with Gasteiger partial charge in [0.05, 0.1) is 15.5 Å². The Bertz CT molecular complexity index is 1510. The summed E-state index contributed by atoms with van der Waals surface area (Å²) in [4.78, 5) is 1.08. The third-order valence-electron chi connectivity index (χ3n) is 5.18. The van der Waals surface area contributed by atoms with Gasteiger partial charge >= 0.3 is 0 Å². The zero-order valence-corrected chi connectivity index (χ0v) is 19.9. The van der Waals surface area contributed by atoms with Gasteiger partial charge in [-0.2, -0.15) is 5.10 Å². The summed E-state index contributed by atoms with van der Waals surface area (Å²) in [5.74, 6) is 1.59. The molecule has 0 aliphatic heterocycles. The Morgan fingerprint density at radius 1 is 0.853 bits per heavy atom. The van der Waals surface area contributed by atoms with E-state index in [1.807, 2.05) is 79.0 Å². The Morgan fingerprint density at radius 3 is 2.26 bits per heavy atom. The fourth-order valence-electron chi connectivity index (χ4n) is 3.49. The van der Waals surface area contributed by atoms with E-state index in [0.29, 0.717) is 23.0 Å². The molecule has 3 aromatic carbocycles. The van der Waals surface area contributed by atoms with Crippen LogP contribution in [0.1, 0.15) is 5.56 Å². The van der Waals surface area contributed by atoms with E-state index >= 15 is 0 Å². The molecule has 0 spiro atoms. The molecule has 8 heteroatoms. The number of anilines is 1. The van der Waals surface area contributed by atoms with Crippen molar-refractivity contribution < 1.29 is 13.2 Å². The molecule has 0 aliphatic carbocycles. The van der Waals surface area contributed by atoms with Gasteiger partial charge in [-0.1, -0.05) is 42.5 Å². The van der Waals surface area contributed by atoms with Crippen LogP contribution in [0.5, 0.6) is 11.5 Å². The van der Waals surface area contributed by atoms with Crippen LogP contribution in [0.2, 0.25) is 0 Å². The molecule has 6 nitrogen and oxygen atoms in total. The van der Waals surface area contributed by atoms with Crippen molar-refractivity contribution in [2.75, 3.05) is 4.72 Å². The highest BCUT2D eigenvalue weighted by Gasteiger charge is 2.20. The van der Waals surface area contributed by atoms with Crippen molar-refractivity contribution in [2.45, 2.75) is 11.8 Å². The number of hydrogen-bond acceptors (Lipinski definition) is 5. The van der Waals surface area contributed by atoms with Crippen LogP contribution in [0.15, 0.2) is 107 Å². The molecule has 0 unspecified atom stereocenters. The van der Waals surface area contributed by atoms with Crippen molar-refractivity contribution in [3.05, 3.63) is 108 Å². The van der Waals surface area contributed by atoms with E-state index in [1.165, 1.54) is 12.1 Å². The van der Waals surface area contributed by atoms with Gasteiger partial charge in [0.2, 0.25) is 0 Å². The first-order valence-corrected chi connectivity index (χ1v) is 12.9. The van der Waals surface area contributed by atoms with E-state index in [9.17, 15) is 8.42 Å². The predicted molar refractivity (Wildman–Crippen MR) is 135 cm³/mol. The van der Waals surface area contributed by atoms with Crippen LogP contribution in [0, 0.1) is 6.92 Å². The zero-order valence-electron chi connectivity index (χ0n) is 18.3. The molecule has 0 fully saturated rings. The molecule has 5 aromatic rings. The molecule has 170 valence electrons. The second-order valence-corrected chi connectivity index (χ2v) is 10.2. The number of benzene rings is 3. The summed E-state index contributed by atoms with van der Waals surface area (Å²) in [7, 11) is -3.86. The first kappa shape index (κ1) is 21.9. The lowest BCUT2D eigenvalue weighted by Gasteiger charge is -2.12. The van der Waals surface area contributed by atoms with E-state index in [-0.39, 0.29) is 4.90 Å². The molecule has 0 radical (unpaired) electrons. The Labute approximate surface area is 202 Å². The molecule has 2 heterocycles. The summed E-state index contributed by atoms with van der Waals surface area (Å²) in [5, 5.41) is 6.67. The predicted octanol–water partition coefficient (Wildman–Crippen LogP) is 6.50. The molecular formula is C26H21N3O3S2. The van der Waals surface area contributed by atoms with Crippen LogP contribution in [0.4, 0.5) is 5.82 Å². The molecule has 0 atom stereocenters. The van der Waals surface area contributed by atoms with Crippen LogP contribution in [-0.4, -0.2) is 18.2 Å². The largest absolute Gasteiger partial charge is 0.457 e. The average Bonchev–Trinajstić information content (AvgIpc) is 3.51. The number of nitrogens with zero attached hydrogens (tertiary/aromatic N) is 2. The molecule has 0 amide bonds. The summed E-state index contributed by atoms with van der Waals surface area (Å²) in [6, 6.07) is 29.0. The molecule has 2 aromatic heterocycles. The van der Waals surface area contributed by atoms with Crippen molar-refractivity contribution >= 4 is 27.2 Å². The third kappa shape index (κ3) is 4.59. The van der Waals surface area contributed by atoms with Crippen LogP contribution in [0.25, 0.3) is 16.3 Å². The molecule has 34 heavy (non-hydrogen) atoms. The monoisotopic (exact) mass is 487 g/mol. The summed E-state index contributed by atoms with van der Waals surface area (Å²) in [6.07, 6.45) is 0. The highest BCUT2D eigenvalue weighted by atomic mass is 32.2. The molecule has 5 rings (SSSR count). The number of thiophene rings is 1. The van der Waals surface area contributed by atoms with Gasteiger partial charge in [-0.05, 0) is 66.4 Å². The normalized spacial score (nSPS) is 11.3. The quantitative estimate of drug-likeness (QED) is 0.284. The first-order valence-electron chi connectivity index (χ1n) is 10.6. The van der Waals surface area contributed by atoms with Gasteiger partial charge < -0.3 is 4.74 Å². The number of para-hydroxylation sites is 2. The van der Waals surface area contributed by atoms with Gasteiger partial charge in [0.1, 0.15) is 23.0 Å². The van der Waals surface area contributed by atoms with Gasteiger partial charge in [0.15, 0.2) is 0 Å². The lowest BCUT2D eigenvalue weighted by atomic mass is 10.2. The molecular weight excluding hydrogens is 466 g/mol. The number of rotatable bonds is 7. The molecule has 0 saturated heterocycles. The summed E-state index contributed by atoms with van der Waals surface area (Å²) in [5.41, 5.74) is 2.48. The second-order valence-electron chi connectivity index (χ2n) is 7.58. The van der Waals surface area contributed by atoms with E-state index in [1.54, 1.807) is 34.2 Å². The van der Waals surface area contributed by atoms with Crippen molar-refractivity contribution in [1.29, 1.82) is 0 Å². The maximum absolute atomic E-state index is 13.2. The molecule has 0 bridgehead atoms. The van der Waals surface area contributed by atoms with E-state index < -0.39 is 10.0 Å². The minimum Gasteiger partial charge on any atom is -0.457 e. The van der Waals surface area contributed by atoms with E-state index in [2.05, 4.69) is 4.72 Å². The van der Waals surface area contributed by atoms with Gasteiger partial charge in [-0.3, -0.25) is 4.72 Å². The smallest absolute Gasteiger partial charge is 0.263 e.